The number of hydrogen-bond acceptors (Lipinski definition) is 3. The number of hydrogen-bond donors (Lipinski definition) is 1. The zero-order chi connectivity index (χ0) is 13.7. The Morgan fingerprint density at radius 3 is 2.58 bits per heavy atom. The molecule has 0 aliphatic heterocycles. The molecule has 0 aliphatic carbocycles. The quantitative estimate of drug-likeness (QED) is 0.705. The number of likely N-dealkylation sites (N-methyl/N-ethyl adjacent to an activating group) is 1. The monoisotopic (exact) mass is 375 g/mol. The molecular formula is C14H15BrClNS2. The number of halogens is 2. The van der Waals surface area contributed by atoms with E-state index in [1.807, 2.05) is 30.9 Å². The zero-order valence-corrected chi connectivity index (χ0v) is 14.5. The van der Waals surface area contributed by atoms with Gasteiger partial charge in [-0.05, 0) is 65.8 Å². The molecule has 1 atom stereocenters. The van der Waals surface area contributed by atoms with Crippen LogP contribution in [0, 0.1) is 0 Å². The molecule has 102 valence electrons. The van der Waals surface area contributed by atoms with Crippen molar-refractivity contribution >= 4 is 50.6 Å². The number of thiophene rings is 1. The molecule has 1 heterocycles. The first-order valence-corrected chi connectivity index (χ1v) is 8.94. The summed E-state index contributed by atoms with van der Waals surface area (Å²) in [5, 5.41) is 4.18. The van der Waals surface area contributed by atoms with Crippen LogP contribution in [0.4, 0.5) is 0 Å². The topological polar surface area (TPSA) is 12.0 Å². The number of benzene rings is 1. The van der Waals surface area contributed by atoms with Crippen molar-refractivity contribution in [1.29, 1.82) is 0 Å². The highest BCUT2D eigenvalue weighted by Crippen LogP contribution is 2.25. The van der Waals surface area contributed by atoms with E-state index < -0.39 is 0 Å². The molecule has 1 nitrogen and oxygen atoms in total. The summed E-state index contributed by atoms with van der Waals surface area (Å²) >= 11 is 13.1. The van der Waals surface area contributed by atoms with Crippen molar-refractivity contribution in [2.75, 3.05) is 12.8 Å². The second kappa shape index (κ2) is 7.70. The molecule has 5 heteroatoms. The van der Waals surface area contributed by atoms with Crippen LogP contribution in [0.3, 0.4) is 0 Å². The van der Waals surface area contributed by atoms with Crippen molar-refractivity contribution in [3.63, 3.8) is 0 Å². The number of thioether (sulfide) groups is 1. The minimum atomic E-state index is 0.478. The van der Waals surface area contributed by atoms with E-state index in [2.05, 4.69) is 45.5 Å². The molecule has 0 fully saturated rings. The maximum Gasteiger partial charge on any atom is 0.0701 e. The van der Waals surface area contributed by atoms with Gasteiger partial charge in [0.2, 0.25) is 0 Å². The zero-order valence-electron chi connectivity index (χ0n) is 10.5. The van der Waals surface area contributed by atoms with Crippen LogP contribution < -0.4 is 5.32 Å². The fourth-order valence-electron chi connectivity index (χ4n) is 1.68. The highest BCUT2D eigenvalue weighted by atomic mass is 79.9. The summed E-state index contributed by atoms with van der Waals surface area (Å²) < 4.78 is 1.20. The SMILES string of the molecule is CNC(CSc1ccc(Cl)cc1)Cc1ccc(Br)s1. The van der Waals surface area contributed by atoms with Gasteiger partial charge in [0.05, 0.1) is 3.79 Å². The molecule has 0 saturated carbocycles. The fourth-order valence-corrected chi connectivity index (χ4v) is 4.37. The first-order chi connectivity index (χ1) is 9.17. The molecule has 19 heavy (non-hydrogen) atoms. The van der Waals surface area contributed by atoms with Gasteiger partial charge in [-0.15, -0.1) is 23.1 Å². The standard InChI is InChI=1S/C14H15BrClNS2/c1-17-11(8-13-6-7-14(15)19-13)9-18-12-4-2-10(16)3-5-12/h2-7,11,17H,8-9H2,1H3. The van der Waals surface area contributed by atoms with Crippen LogP contribution in [0.25, 0.3) is 0 Å². The first-order valence-electron chi connectivity index (χ1n) is 5.97. The van der Waals surface area contributed by atoms with E-state index >= 15 is 0 Å². The number of rotatable bonds is 6. The third-order valence-electron chi connectivity index (χ3n) is 2.75. The van der Waals surface area contributed by atoms with E-state index in [-0.39, 0.29) is 0 Å². The summed E-state index contributed by atoms with van der Waals surface area (Å²) in [6.45, 7) is 0. The van der Waals surface area contributed by atoms with Gasteiger partial charge in [-0.2, -0.15) is 0 Å². The Morgan fingerprint density at radius 2 is 2.00 bits per heavy atom. The lowest BCUT2D eigenvalue weighted by molar-refractivity contribution is 0.622. The van der Waals surface area contributed by atoms with Gasteiger partial charge in [0.15, 0.2) is 0 Å². The van der Waals surface area contributed by atoms with Crippen LogP contribution in [0.5, 0.6) is 0 Å². The second-order valence-corrected chi connectivity index (χ2v) is 8.24. The molecule has 1 N–H and O–H groups in total. The molecule has 0 spiro atoms. The van der Waals surface area contributed by atoms with Crippen LogP contribution in [0.15, 0.2) is 45.1 Å². The Bertz CT molecular complexity index is 512. The van der Waals surface area contributed by atoms with Crippen LogP contribution in [0.2, 0.25) is 5.02 Å². The van der Waals surface area contributed by atoms with Crippen molar-refractivity contribution < 1.29 is 0 Å². The lowest BCUT2D eigenvalue weighted by Crippen LogP contribution is -2.29. The summed E-state index contributed by atoms with van der Waals surface area (Å²) in [5.41, 5.74) is 0. The molecule has 0 radical (unpaired) electrons. The van der Waals surface area contributed by atoms with Gasteiger partial charge >= 0.3 is 0 Å². The van der Waals surface area contributed by atoms with Crippen LogP contribution in [-0.2, 0) is 6.42 Å². The second-order valence-electron chi connectivity index (χ2n) is 4.16. The Morgan fingerprint density at radius 1 is 1.26 bits per heavy atom. The third-order valence-corrected chi connectivity index (χ3v) is 5.82. The van der Waals surface area contributed by atoms with Gasteiger partial charge in [0, 0.05) is 26.6 Å². The van der Waals surface area contributed by atoms with Crippen molar-refractivity contribution in [3.8, 4) is 0 Å². The van der Waals surface area contributed by atoms with E-state index in [4.69, 9.17) is 11.6 Å². The van der Waals surface area contributed by atoms with Gasteiger partial charge in [-0.25, -0.2) is 0 Å². The lowest BCUT2D eigenvalue weighted by Gasteiger charge is -2.14. The molecule has 1 unspecified atom stereocenters. The van der Waals surface area contributed by atoms with E-state index in [1.165, 1.54) is 13.6 Å². The van der Waals surface area contributed by atoms with Crippen LogP contribution in [0.1, 0.15) is 4.88 Å². The summed E-state index contributed by atoms with van der Waals surface area (Å²) in [7, 11) is 2.02. The Hall–Kier alpha value is -0.0000000000000000833. The average Bonchev–Trinajstić information content (AvgIpc) is 2.82. The maximum absolute atomic E-state index is 5.89. The highest BCUT2D eigenvalue weighted by molar-refractivity contribution is 9.11. The van der Waals surface area contributed by atoms with E-state index in [0.717, 1.165) is 17.2 Å². The van der Waals surface area contributed by atoms with E-state index in [0.29, 0.717) is 6.04 Å². The Kier molecular flexibility index (Phi) is 6.23. The smallest absolute Gasteiger partial charge is 0.0701 e. The van der Waals surface area contributed by atoms with Crippen LogP contribution >= 0.6 is 50.6 Å². The first kappa shape index (κ1) is 15.4. The molecule has 2 aromatic rings. The Labute approximate surface area is 135 Å². The minimum absolute atomic E-state index is 0.478. The normalized spacial score (nSPS) is 12.6. The molecule has 1 aromatic heterocycles. The predicted octanol–water partition coefficient (Wildman–Crippen LogP) is 5.09. The van der Waals surface area contributed by atoms with Crippen molar-refractivity contribution in [1.82, 2.24) is 5.32 Å². The average molecular weight is 377 g/mol. The fraction of sp³-hybridized carbons (Fsp3) is 0.286. The molecule has 0 saturated heterocycles. The Balaban J connectivity index is 1.87. The molecule has 1 aromatic carbocycles. The molecule has 0 amide bonds. The van der Waals surface area contributed by atoms with E-state index in [9.17, 15) is 0 Å². The van der Waals surface area contributed by atoms with Gasteiger partial charge < -0.3 is 5.32 Å². The number of nitrogens with one attached hydrogen (secondary N) is 1. The van der Waals surface area contributed by atoms with Crippen molar-refractivity contribution in [2.45, 2.75) is 17.4 Å². The van der Waals surface area contributed by atoms with Gasteiger partial charge in [0.25, 0.3) is 0 Å². The summed E-state index contributed by atoms with van der Waals surface area (Å²) in [6.07, 6.45) is 1.06. The van der Waals surface area contributed by atoms with E-state index in [1.54, 1.807) is 11.3 Å². The maximum atomic E-state index is 5.89. The minimum Gasteiger partial charge on any atom is -0.316 e. The molecule has 0 bridgehead atoms. The van der Waals surface area contributed by atoms with Gasteiger partial charge in [-0.1, -0.05) is 11.6 Å². The summed E-state index contributed by atoms with van der Waals surface area (Å²) in [5.74, 6) is 1.05. The van der Waals surface area contributed by atoms with Gasteiger partial charge in [0.1, 0.15) is 0 Å². The van der Waals surface area contributed by atoms with Crippen LogP contribution in [-0.4, -0.2) is 18.8 Å². The van der Waals surface area contributed by atoms with Crippen molar-refractivity contribution in [3.05, 3.63) is 50.1 Å². The molecule has 2 rings (SSSR count). The molecule has 0 aliphatic rings. The predicted molar refractivity (Wildman–Crippen MR) is 90.7 cm³/mol. The largest absolute Gasteiger partial charge is 0.316 e. The molecular weight excluding hydrogens is 362 g/mol. The lowest BCUT2D eigenvalue weighted by atomic mass is 10.2. The summed E-state index contributed by atoms with van der Waals surface area (Å²) in [4.78, 5) is 2.67. The third kappa shape index (κ3) is 5.12. The highest BCUT2D eigenvalue weighted by Gasteiger charge is 2.09. The van der Waals surface area contributed by atoms with Gasteiger partial charge in [-0.3, -0.25) is 0 Å². The summed E-state index contributed by atoms with van der Waals surface area (Å²) in [6, 6.07) is 12.8. The van der Waals surface area contributed by atoms with Crippen molar-refractivity contribution in [2.24, 2.45) is 0 Å².